The van der Waals surface area contributed by atoms with Gasteiger partial charge in [-0.2, -0.15) is 0 Å². The maximum absolute atomic E-state index is 11.5. The Hall–Kier alpha value is -1.56. The van der Waals surface area contributed by atoms with Crippen molar-refractivity contribution in [3.8, 4) is 5.75 Å². The summed E-state index contributed by atoms with van der Waals surface area (Å²) in [6.07, 6.45) is 5.98. The summed E-state index contributed by atoms with van der Waals surface area (Å²) < 4.78 is 0. The number of nitrogens with one attached hydrogen (secondary N) is 2. The van der Waals surface area contributed by atoms with Crippen LogP contribution in [0, 0.1) is 0 Å². The van der Waals surface area contributed by atoms with Gasteiger partial charge in [-0.1, -0.05) is 25.3 Å². The molecule has 0 saturated heterocycles. The number of halogens is 1. The third-order valence-corrected chi connectivity index (χ3v) is 4.51. The van der Waals surface area contributed by atoms with E-state index in [1.807, 2.05) is 6.07 Å². The van der Waals surface area contributed by atoms with Crippen molar-refractivity contribution in [1.29, 1.82) is 0 Å². The molecule has 6 heteroatoms. The minimum absolute atomic E-state index is 0. The number of hydrogen-bond acceptors (Lipinski definition) is 4. The van der Waals surface area contributed by atoms with Crippen LogP contribution in [0.4, 0.5) is 0 Å². The highest BCUT2D eigenvalue weighted by atomic mass is 35.5. The van der Waals surface area contributed by atoms with E-state index in [0.717, 1.165) is 23.8 Å². The normalized spacial score (nSPS) is 16.9. The Balaban J connectivity index is 0.00000192. The highest BCUT2D eigenvalue weighted by Crippen LogP contribution is 2.30. The van der Waals surface area contributed by atoms with Crippen LogP contribution in [0.5, 0.6) is 5.75 Å². The van der Waals surface area contributed by atoms with Crippen LogP contribution in [-0.2, 0) is 0 Å². The quantitative estimate of drug-likeness (QED) is 0.690. The molecule has 0 radical (unpaired) electrons. The van der Waals surface area contributed by atoms with Crippen LogP contribution < -0.4 is 10.9 Å². The third-order valence-electron chi connectivity index (χ3n) is 4.51. The van der Waals surface area contributed by atoms with Crippen molar-refractivity contribution in [3.63, 3.8) is 0 Å². The number of aromatic nitrogens is 1. The topological polar surface area (TPSA) is 85.3 Å². The fourth-order valence-corrected chi connectivity index (χ4v) is 3.36. The van der Waals surface area contributed by atoms with Gasteiger partial charge in [-0.05, 0) is 30.5 Å². The Morgan fingerprint density at radius 3 is 2.61 bits per heavy atom. The number of aromatic amines is 1. The fraction of sp³-hybridized carbons (Fsp3) is 0.471. The van der Waals surface area contributed by atoms with Gasteiger partial charge >= 0.3 is 0 Å². The largest absolute Gasteiger partial charge is 0.506 e. The maximum atomic E-state index is 11.5. The van der Waals surface area contributed by atoms with E-state index in [0.29, 0.717) is 11.6 Å². The summed E-state index contributed by atoms with van der Waals surface area (Å²) in [5.41, 5.74) is 1.08. The molecule has 4 N–H and O–H groups in total. The Morgan fingerprint density at radius 1 is 1.17 bits per heavy atom. The summed E-state index contributed by atoms with van der Waals surface area (Å²) in [6.45, 7) is -0.0184. The van der Waals surface area contributed by atoms with E-state index in [-0.39, 0.29) is 36.4 Å². The highest BCUT2D eigenvalue weighted by Gasteiger charge is 2.20. The lowest BCUT2D eigenvalue weighted by molar-refractivity contribution is 0.221. The number of H-pyrrole nitrogens is 1. The van der Waals surface area contributed by atoms with Gasteiger partial charge in [0.1, 0.15) is 5.75 Å². The first-order valence-electron chi connectivity index (χ1n) is 7.91. The standard InChI is InChI=1S/C17H22N2O3.ClH/c20-10-14(18-11-4-2-1-3-5-11)12-6-8-15(21)17-13(12)7-9-16(22)19-17;/h6-9,11,14,18,20-21H,1-5,10H2,(H,19,22);1H. The molecular weight excluding hydrogens is 316 g/mol. The first kappa shape index (κ1) is 17.8. The molecule has 1 aliphatic rings. The number of aliphatic hydroxyl groups is 1. The first-order chi connectivity index (χ1) is 10.7. The second-order valence-corrected chi connectivity index (χ2v) is 6.02. The van der Waals surface area contributed by atoms with Crippen LogP contribution in [0.25, 0.3) is 10.9 Å². The van der Waals surface area contributed by atoms with Gasteiger partial charge in [0, 0.05) is 17.5 Å². The van der Waals surface area contributed by atoms with E-state index in [9.17, 15) is 15.0 Å². The number of pyridine rings is 1. The van der Waals surface area contributed by atoms with Crippen molar-refractivity contribution in [2.24, 2.45) is 0 Å². The predicted octanol–water partition coefficient (Wildman–Crippen LogP) is 2.61. The molecule has 5 nitrogen and oxygen atoms in total. The minimum Gasteiger partial charge on any atom is -0.506 e. The third kappa shape index (κ3) is 3.86. The van der Waals surface area contributed by atoms with E-state index in [1.54, 1.807) is 12.1 Å². The van der Waals surface area contributed by atoms with Crippen molar-refractivity contribution in [1.82, 2.24) is 10.3 Å². The van der Waals surface area contributed by atoms with E-state index in [4.69, 9.17) is 0 Å². The summed E-state index contributed by atoms with van der Waals surface area (Å²) in [6, 6.07) is 6.75. The Bertz CT molecular complexity index is 711. The van der Waals surface area contributed by atoms with Gasteiger partial charge in [0.2, 0.25) is 5.56 Å². The van der Waals surface area contributed by atoms with Crippen LogP contribution >= 0.6 is 12.4 Å². The Labute approximate surface area is 141 Å². The smallest absolute Gasteiger partial charge is 0.248 e. The van der Waals surface area contributed by atoms with E-state index >= 15 is 0 Å². The van der Waals surface area contributed by atoms with E-state index < -0.39 is 0 Å². The van der Waals surface area contributed by atoms with E-state index in [1.165, 1.54) is 25.3 Å². The zero-order valence-electron chi connectivity index (χ0n) is 12.9. The fourth-order valence-electron chi connectivity index (χ4n) is 3.36. The second kappa shape index (κ2) is 7.81. The van der Waals surface area contributed by atoms with Gasteiger partial charge in [-0.3, -0.25) is 4.79 Å². The van der Waals surface area contributed by atoms with Gasteiger partial charge in [0.05, 0.1) is 18.2 Å². The summed E-state index contributed by atoms with van der Waals surface area (Å²) in [5, 5.41) is 24.0. The lowest BCUT2D eigenvalue weighted by atomic mass is 9.93. The molecule has 0 bridgehead atoms. The first-order valence-corrected chi connectivity index (χ1v) is 7.91. The molecule has 2 aromatic rings. The Morgan fingerprint density at radius 2 is 1.91 bits per heavy atom. The molecule has 1 unspecified atom stereocenters. The van der Waals surface area contributed by atoms with Gasteiger partial charge in [-0.25, -0.2) is 0 Å². The number of phenolic OH excluding ortho intramolecular Hbond substituents is 1. The van der Waals surface area contributed by atoms with Crippen LogP contribution in [0.2, 0.25) is 0 Å². The average molecular weight is 339 g/mol. The Kier molecular flexibility index (Phi) is 6.04. The van der Waals surface area contributed by atoms with Crippen molar-refractivity contribution in [2.45, 2.75) is 44.2 Å². The average Bonchev–Trinajstić information content (AvgIpc) is 2.55. The molecule has 23 heavy (non-hydrogen) atoms. The molecule has 1 aliphatic carbocycles. The van der Waals surface area contributed by atoms with Crippen LogP contribution in [0.1, 0.15) is 43.7 Å². The molecule has 3 rings (SSSR count). The molecule has 1 atom stereocenters. The molecule has 1 aromatic heterocycles. The van der Waals surface area contributed by atoms with Gasteiger partial charge in [0.15, 0.2) is 0 Å². The lowest BCUT2D eigenvalue weighted by Crippen LogP contribution is -2.36. The second-order valence-electron chi connectivity index (χ2n) is 6.02. The SMILES string of the molecule is Cl.O=c1ccc2c(C(CO)NC3CCCCC3)ccc(O)c2[nH]1. The number of phenols is 1. The predicted molar refractivity (Wildman–Crippen MR) is 93.3 cm³/mol. The zero-order valence-corrected chi connectivity index (χ0v) is 13.7. The summed E-state index contributed by atoms with van der Waals surface area (Å²) in [5.74, 6) is 0.0470. The number of fused-ring (bicyclic) bond motifs is 1. The number of benzene rings is 1. The van der Waals surface area contributed by atoms with Crippen LogP contribution in [-0.4, -0.2) is 27.8 Å². The molecule has 126 valence electrons. The molecule has 1 aromatic carbocycles. The minimum atomic E-state index is -0.249. The van der Waals surface area contributed by atoms with Crippen LogP contribution in [0.3, 0.4) is 0 Å². The molecule has 0 amide bonds. The molecule has 0 spiro atoms. The maximum Gasteiger partial charge on any atom is 0.248 e. The number of aliphatic hydroxyl groups excluding tert-OH is 1. The van der Waals surface area contributed by atoms with Crippen molar-refractivity contribution in [3.05, 3.63) is 40.2 Å². The summed E-state index contributed by atoms with van der Waals surface area (Å²) in [7, 11) is 0. The number of rotatable bonds is 4. The van der Waals surface area contributed by atoms with Crippen molar-refractivity contribution >= 4 is 23.3 Å². The zero-order chi connectivity index (χ0) is 15.5. The summed E-state index contributed by atoms with van der Waals surface area (Å²) in [4.78, 5) is 14.1. The summed E-state index contributed by atoms with van der Waals surface area (Å²) >= 11 is 0. The van der Waals surface area contributed by atoms with Gasteiger partial charge in [0.25, 0.3) is 0 Å². The van der Waals surface area contributed by atoms with Crippen molar-refractivity contribution < 1.29 is 10.2 Å². The van der Waals surface area contributed by atoms with Crippen LogP contribution in [0.15, 0.2) is 29.1 Å². The van der Waals surface area contributed by atoms with Gasteiger partial charge < -0.3 is 20.5 Å². The number of hydrogen-bond donors (Lipinski definition) is 4. The number of aromatic hydroxyl groups is 1. The molecule has 1 heterocycles. The molecule has 1 fully saturated rings. The molecular formula is C17H23ClN2O3. The molecule has 0 aliphatic heterocycles. The van der Waals surface area contributed by atoms with E-state index in [2.05, 4.69) is 10.3 Å². The van der Waals surface area contributed by atoms with Crippen molar-refractivity contribution in [2.75, 3.05) is 6.61 Å². The lowest BCUT2D eigenvalue weighted by Gasteiger charge is -2.28. The van der Waals surface area contributed by atoms with Gasteiger partial charge in [-0.15, -0.1) is 12.4 Å². The molecule has 1 saturated carbocycles. The monoisotopic (exact) mass is 338 g/mol. The highest BCUT2D eigenvalue weighted by molar-refractivity contribution is 5.87.